The maximum atomic E-state index is 12.4. The van der Waals surface area contributed by atoms with Crippen molar-refractivity contribution < 1.29 is 22.7 Å². The van der Waals surface area contributed by atoms with E-state index in [4.69, 9.17) is 9.47 Å². The molecule has 0 aromatic heterocycles. The highest BCUT2D eigenvalue weighted by Gasteiger charge is 2.43. The minimum Gasteiger partial charge on any atom is -0.493 e. The first kappa shape index (κ1) is 20.6. The highest BCUT2D eigenvalue weighted by atomic mass is 32.2. The molecule has 1 amide bonds. The summed E-state index contributed by atoms with van der Waals surface area (Å²) in [5.41, 5.74) is -0.820. The Hall–Kier alpha value is -1.76. The van der Waals surface area contributed by atoms with Gasteiger partial charge in [0.2, 0.25) is 0 Å². The van der Waals surface area contributed by atoms with Crippen molar-refractivity contribution in [3.8, 4) is 5.75 Å². The summed E-state index contributed by atoms with van der Waals surface area (Å²) in [5.74, 6) is 0.804. The molecule has 1 fully saturated rings. The van der Waals surface area contributed by atoms with Gasteiger partial charge in [-0.2, -0.15) is 0 Å². The molecule has 6 nitrogen and oxygen atoms in total. The smallest absolute Gasteiger partial charge is 0.410 e. The standard InChI is InChI=1S/C19H29NO5S/c1-18(2,3)25-17(21)20-12-14(11-19(20,4)5)13-24-15-7-9-16(10-8-15)26(6,22)23/h7-10,14H,11-13H2,1-6H3. The molecule has 2 rings (SSSR count). The van der Waals surface area contributed by atoms with Gasteiger partial charge in [-0.25, -0.2) is 13.2 Å². The van der Waals surface area contributed by atoms with Crippen molar-refractivity contribution in [3.63, 3.8) is 0 Å². The Morgan fingerprint density at radius 2 is 1.81 bits per heavy atom. The first-order valence-corrected chi connectivity index (χ1v) is 10.6. The first-order valence-electron chi connectivity index (χ1n) is 8.71. The molecule has 1 unspecified atom stereocenters. The average Bonchev–Trinajstić information content (AvgIpc) is 2.78. The fourth-order valence-electron chi connectivity index (χ4n) is 3.13. The van der Waals surface area contributed by atoms with Crippen molar-refractivity contribution in [3.05, 3.63) is 24.3 Å². The number of carbonyl (C=O) groups is 1. The quantitative estimate of drug-likeness (QED) is 0.796. The van der Waals surface area contributed by atoms with Crippen LogP contribution in [0.2, 0.25) is 0 Å². The van der Waals surface area contributed by atoms with E-state index in [-0.39, 0.29) is 22.4 Å². The number of amides is 1. The Balaban J connectivity index is 1.96. The normalized spacial score (nSPS) is 20.1. The minimum absolute atomic E-state index is 0.187. The van der Waals surface area contributed by atoms with Crippen molar-refractivity contribution in [1.82, 2.24) is 4.90 Å². The number of hydrogen-bond acceptors (Lipinski definition) is 5. The molecule has 1 saturated heterocycles. The highest BCUT2D eigenvalue weighted by Crippen LogP contribution is 2.34. The Labute approximate surface area is 156 Å². The lowest BCUT2D eigenvalue weighted by molar-refractivity contribution is 0.0130. The molecule has 0 N–H and O–H groups in total. The maximum absolute atomic E-state index is 12.4. The van der Waals surface area contributed by atoms with Crippen LogP contribution in [0.15, 0.2) is 29.2 Å². The molecule has 0 bridgehead atoms. The Bertz CT molecular complexity index is 747. The van der Waals surface area contributed by atoms with Crippen molar-refractivity contribution >= 4 is 15.9 Å². The lowest BCUT2D eigenvalue weighted by Gasteiger charge is -2.33. The second kappa shape index (κ2) is 7.10. The minimum atomic E-state index is -3.21. The van der Waals surface area contributed by atoms with Crippen LogP contribution in [-0.4, -0.2) is 50.0 Å². The summed E-state index contributed by atoms with van der Waals surface area (Å²) in [6, 6.07) is 6.39. The van der Waals surface area contributed by atoms with Crippen LogP contribution < -0.4 is 4.74 Å². The van der Waals surface area contributed by atoms with Gasteiger partial charge in [0.25, 0.3) is 0 Å². The van der Waals surface area contributed by atoms with Gasteiger partial charge in [0, 0.05) is 24.3 Å². The van der Waals surface area contributed by atoms with E-state index >= 15 is 0 Å². The van der Waals surface area contributed by atoms with E-state index in [1.54, 1.807) is 17.0 Å². The van der Waals surface area contributed by atoms with Crippen LogP contribution in [0.3, 0.4) is 0 Å². The monoisotopic (exact) mass is 383 g/mol. The first-order chi connectivity index (χ1) is 11.8. The number of benzene rings is 1. The van der Waals surface area contributed by atoms with Gasteiger partial charge < -0.3 is 14.4 Å². The SMILES string of the molecule is CC(C)(C)OC(=O)N1CC(COc2ccc(S(C)(=O)=O)cc2)CC1(C)C. The third-order valence-corrected chi connectivity index (χ3v) is 5.44. The summed E-state index contributed by atoms with van der Waals surface area (Å²) >= 11 is 0. The molecule has 7 heteroatoms. The molecule has 0 saturated carbocycles. The van der Waals surface area contributed by atoms with Crippen LogP contribution in [0.1, 0.15) is 41.0 Å². The van der Waals surface area contributed by atoms with Gasteiger partial charge in [0.05, 0.1) is 11.5 Å². The predicted molar refractivity (Wildman–Crippen MR) is 100 cm³/mol. The van der Waals surface area contributed by atoms with Gasteiger partial charge >= 0.3 is 6.09 Å². The largest absolute Gasteiger partial charge is 0.493 e. The van der Waals surface area contributed by atoms with E-state index in [2.05, 4.69) is 0 Å². The zero-order valence-corrected chi connectivity index (χ0v) is 17.2. The molecule has 0 spiro atoms. The van der Waals surface area contributed by atoms with E-state index in [1.165, 1.54) is 18.4 Å². The van der Waals surface area contributed by atoms with E-state index in [0.29, 0.717) is 18.9 Å². The number of nitrogens with zero attached hydrogens (tertiary/aromatic N) is 1. The second-order valence-corrected chi connectivity index (χ2v) is 10.5. The number of hydrogen-bond donors (Lipinski definition) is 0. The number of rotatable bonds is 4. The Morgan fingerprint density at radius 1 is 1.23 bits per heavy atom. The van der Waals surface area contributed by atoms with Gasteiger partial charge in [-0.15, -0.1) is 0 Å². The summed E-state index contributed by atoms with van der Waals surface area (Å²) in [6.45, 7) is 10.7. The molecule has 1 aliphatic rings. The third kappa shape index (κ3) is 5.37. The number of likely N-dealkylation sites (tertiary alicyclic amines) is 1. The zero-order valence-electron chi connectivity index (χ0n) is 16.4. The molecule has 1 aromatic carbocycles. The molecular weight excluding hydrogens is 354 g/mol. The van der Waals surface area contributed by atoms with Crippen molar-refractivity contribution in [2.75, 3.05) is 19.4 Å². The number of carbonyl (C=O) groups excluding carboxylic acids is 1. The molecule has 1 atom stereocenters. The van der Waals surface area contributed by atoms with Crippen LogP contribution in [0.25, 0.3) is 0 Å². The van der Waals surface area contributed by atoms with Gasteiger partial charge in [-0.3, -0.25) is 0 Å². The lowest BCUT2D eigenvalue weighted by Crippen LogP contribution is -2.45. The molecular formula is C19H29NO5S. The number of sulfone groups is 1. The summed E-state index contributed by atoms with van der Waals surface area (Å²) < 4.78 is 34.3. The third-order valence-electron chi connectivity index (χ3n) is 4.31. The van der Waals surface area contributed by atoms with Crippen LogP contribution in [0.5, 0.6) is 5.75 Å². The van der Waals surface area contributed by atoms with Crippen LogP contribution in [0.4, 0.5) is 4.79 Å². The van der Waals surface area contributed by atoms with E-state index < -0.39 is 15.4 Å². The summed E-state index contributed by atoms with van der Waals surface area (Å²) in [4.78, 5) is 14.5. The molecule has 1 heterocycles. The number of ether oxygens (including phenoxy) is 2. The zero-order chi connectivity index (χ0) is 19.8. The van der Waals surface area contributed by atoms with Gasteiger partial charge in [-0.05, 0) is 65.3 Å². The topological polar surface area (TPSA) is 72.9 Å². The average molecular weight is 384 g/mol. The maximum Gasteiger partial charge on any atom is 0.410 e. The summed E-state index contributed by atoms with van der Waals surface area (Å²) in [6.07, 6.45) is 1.69. The van der Waals surface area contributed by atoms with E-state index in [1.807, 2.05) is 34.6 Å². The molecule has 1 aromatic rings. The molecule has 1 aliphatic heterocycles. The van der Waals surface area contributed by atoms with E-state index in [9.17, 15) is 13.2 Å². The van der Waals surface area contributed by atoms with Crippen molar-refractivity contribution in [2.45, 2.75) is 57.1 Å². The fraction of sp³-hybridized carbons (Fsp3) is 0.632. The summed E-state index contributed by atoms with van der Waals surface area (Å²) in [5, 5.41) is 0. The van der Waals surface area contributed by atoms with Gasteiger partial charge in [0.1, 0.15) is 11.4 Å². The highest BCUT2D eigenvalue weighted by molar-refractivity contribution is 7.90. The second-order valence-electron chi connectivity index (χ2n) is 8.53. The van der Waals surface area contributed by atoms with Gasteiger partial charge in [0.15, 0.2) is 9.84 Å². The molecule has 0 aliphatic carbocycles. The van der Waals surface area contributed by atoms with Crippen LogP contribution in [0, 0.1) is 5.92 Å². The Kier molecular flexibility index (Phi) is 5.61. The lowest BCUT2D eigenvalue weighted by atomic mass is 9.97. The van der Waals surface area contributed by atoms with Crippen LogP contribution >= 0.6 is 0 Å². The molecule has 146 valence electrons. The predicted octanol–water partition coefficient (Wildman–Crippen LogP) is 3.50. The van der Waals surface area contributed by atoms with E-state index in [0.717, 1.165) is 6.42 Å². The molecule has 0 radical (unpaired) electrons. The van der Waals surface area contributed by atoms with Crippen molar-refractivity contribution in [2.24, 2.45) is 5.92 Å². The van der Waals surface area contributed by atoms with Crippen molar-refractivity contribution in [1.29, 1.82) is 0 Å². The van der Waals surface area contributed by atoms with Gasteiger partial charge in [-0.1, -0.05) is 0 Å². The summed E-state index contributed by atoms with van der Waals surface area (Å²) in [7, 11) is -3.21. The fourth-order valence-corrected chi connectivity index (χ4v) is 3.76. The molecule has 26 heavy (non-hydrogen) atoms. The Morgan fingerprint density at radius 3 is 2.31 bits per heavy atom. The van der Waals surface area contributed by atoms with Crippen LogP contribution in [-0.2, 0) is 14.6 Å².